The van der Waals surface area contributed by atoms with Gasteiger partial charge in [0.05, 0.1) is 6.04 Å². The van der Waals surface area contributed by atoms with Crippen molar-refractivity contribution in [2.24, 2.45) is 5.92 Å². The summed E-state index contributed by atoms with van der Waals surface area (Å²) in [6.07, 6.45) is 5.96. The molecule has 0 N–H and O–H groups in total. The second-order valence-corrected chi connectivity index (χ2v) is 6.43. The van der Waals surface area contributed by atoms with Crippen molar-refractivity contribution in [2.45, 2.75) is 31.2 Å². The highest BCUT2D eigenvalue weighted by atomic mass is 19.1. The highest BCUT2D eigenvalue weighted by Crippen LogP contribution is 2.49. The molecule has 1 saturated heterocycles. The van der Waals surface area contributed by atoms with E-state index in [0.717, 1.165) is 25.8 Å². The number of rotatable bonds is 3. The first-order valence-corrected chi connectivity index (χ1v) is 8.11. The molecular weight excluding hydrogens is 295 g/mol. The Hall–Kier alpha value is -2.24. The van der Waals surface area contributed by atoms with E-state index in [0.29, 0.717) is 12.1 Å². The number of hydrogen-bond donors (Lipinski definition) is 0. The number of piperidine rings is 1. The van der Waals surface area contributed by atoms with E-state index in [4.69, 9.17) is 0 Å². The van der Waals surface area contributed by atoms with Gasteiger partial charge < -0.3 is 4.90 Å². The molecule has 2 aliphatic rings. The molecule has 0 radical (unpaired) electrons. The predicted molar refractivity (Wildman–Crippen MR) is 82.1 cm³/mol. The van der Waals surface area contributed by atoms with Crippen molar-refractivity contribution < 1.29 is 9.18 Å². The van der Waals surface area contributed by atoms with Gasteiger partial charge in [0.15, 0.2) is 0 Å². The molecule has 23 heavy (non-hydrogen) atoms. The third-order valence-electron chi connectivity index (χ3n) is 4.93. The molecule has 1 aliphatic carbocycles. The van der Waals surface area contributed by atoms with Gasteiger partial charge in [-0.15, -0.1) is 0 Å². The Kier molecular flexibility index (Phi) is 3.59. The molecule has 6 heteroatoms. The van der Waals surface area contributed by atoms with E-state index in [2.05, 4.69) is 10.1 Å². The highest BCUT2D eigenvalue weighted by Gasteiger charge is 2.47. The van der Waals surface area contributed by atoms with Crippen LogP contribution >= 0.6 is 0 Å². The molecule has 5 nitrogen and oxygen atoms in total. The molecule has 1 aromatic heterocycles. The van der Waals surface area contributed by atoms with Gasteiger partial charge in [-0.1, -0.05) is 18.2 Å². The van der Waals surface area contributed by atoms with E-state index in [9.17, 15) is 9.18 Å². The molecule has 4 rings (SSSR count). The summed E-state index contributed by atoms with van der Waals surface area (Å²) in [6.45, 7) is 1.45. The zero-order valence-electron chi connectivity index (χ0n) is 12.8. The Morgan fingerprint density at radius 2 is 2.17 bits per heavy atom. The van der Waals surface area contributed by atoms with Gasteiger partial charge >= 0.3 is 0 Å². The van der Waals surface area contributed by atoms with Gasteiger partial charge in [-0.25, -0.2) is 14.1 Å². The first-order valence-electron chi connectivity index (χ1n) is 8.11. The molecule has 1 aromatic carbocycles. The SMILES string of the molecule is O=C(C1CC1c1ccccc1F)N1CCCC(n2cncn2)C1. The Labute approximate surface area is 134 Å². The average molecular weight is 314 g/mol. The van der Waals surface area contributed by atoms with Crippen LogP contribution in [-0.2, 0) is 4.79 Å². The fourth-order valence-electron chi connectivity index (χ4n) is 3.60. The lowest BCUT2D eigenvalue weighted by Gasteiger charge is -2.32. The van der Waals surface area contributed by atoms with Crippen molar-refractivity contribution in [3.63, 3.8) is 0 Å². The minimum Gasteiger partial charge on any atom is -0.340 e. The van der Waals surface area contributed by atoms with Crippen molar-refractivity contribution in [3.05, 3.63) is 48.3 Å². The first-order chi connectivity index (χ1) is 11.2. The van der Waals surface area contributed by atoms with Crippen LogP contribution < -0.4 is 0 Å². The minimum atomic E-state index is -0.202. The van der Waals surface area contributed by atoms with E-state index >= 15 is 0 Å². The van der Waals surface area contributed by atoms with E-state index < -0.39 is 0 Å². The number of amides is 1. The average Bonchev–Trinajstić information content (AvgIpc) is 3.17. The van der Waals surface area contributed by atoms with Crippen molar-refractivity contribution in [1.29, 1.82) is 0 Å². The number of likely N-dealkylation sites (tertiary alicyclic amines) is 1. The molecule has 2 fully saturated rings. The maximum atomic E-state index is 13.9. The van der Waals surface area contributed by atoms with Gasteiger partial charge in [0.2, 0.25) is 5.91 Å². The Bertz CT molecular complexity index is 702. The van der Waals surface area contributed by atoms with Gasteiger partial charge in [-0.3, -0.25) is 4.79 Å². The second kappa shape index (κ2) is 5.76. The molecule has 2 heterocycles. The lowest BCUT2D eigenvalue weighted by molar-refractivity contribution is -0.134. The van der Waals surface area contributed by atoms with E-state index in [1.54, 1.807) is 18.5 Å². The molecule has 0 bridgehead atoms. The van der Waals surface area contributed by atoms with Crippen LogP contribution in [0.4, 0.5) is 4.39 Å². The molecule has 1 aliphatic heterocycles. The quantitative estimate of drug-likeness (QED) is 0.874. The maximum Gasteiger partial charge on any atom is 0.226 e. The lowest BCUT2D eigenvalue weighted by atomic mass is 10.0. The summed E-state index contributed by atoms with van der Waals surface area (Å²) in [4.78, 5) is 18.6. The summed E-state index contributed by atoms with van der Waals surface area (Å²) in [5.41, 5.74) is 0.677. The van der Waals surface area contributed by atoms with Crippen LogP contribution in [0.2, 0.25) is 0 Å². The van der Waals surface area contributed by atoms with Gasteiger partial charge in [0.1, 0.15) is 18.5 Å². The standard InChI is InChI=1S/C17H19FN4O/c18-16-6-2-1-5-13(16)14-8-15(14)17(23)21-7-3-4-12(9-21)22-11-19-10-20-22/h1-2,5-6,10-12,14-15H,3-4,7-9H2. The number of carbonyl (C=O) groups is 1. The molecule has 120 valence electrons. The normalized spacial score (nSPS) is 27.0. The monoisotopic (exact) mass is 314 g/mol. The molecule has 0 spiro atoms. The molecule has 1 saturated carbocycles. The molecule has 3 unspecified atom stereocenters. The molecule has 1 amide bonds. The molecule has 3 atom stereocenters. The number of nitrogens with zero attached hydrogens (tertiary/aromatic N) is 4. The van der Waals surface area contributed by atoms with Crippen LogP contribution in [-0.4, -0.2) is 38.7 Å². The van der Waals surface area contributed by atoms with Crippen molar-refractivity contribution in [3.8, 4) is 0 Å². The van der Waals surface area contributed by atoms with Gasteiger partial charge in [-0.05, 0) is 36.8 Å². The van der Waals surface area contributed by atoms with E-state index in [1.165, 1.54) is 12.4 Å². The smallest absolute Gasteiger partial charge is 0.226 e. The lowest BCUT2D eigenvalue weighted by Crippen LogP contribution is -2.41. The highest BCUT2D eigenvalue weighted by molar-refractivity contribution is 5.83. The predicted octanol–water partition coefficient (Wildman–Crippen LogP) is 2.38. The summed E-state index contributed by atoms with van der Waals surface area (Å²) < 4.78 is 15.7. The van der Waals surface area contributed by atoms with Gasteiger partial charge in [0, 0.05) is 19.0 Å². The third kappa shape index (κ3) is 2.73. The van der Waals surface area contributed by atoms with Crippen LogP contribution in [0.25, 0.3) is 0 Å². The van der Waals surface area contributed by atoms with Crippen LogP contribution in [0.5, 0.6) is 0 Å². The zero-order chi connectivity index (χ0) is 15.8. The third-order valence-corrected chi connectivity index (χ3v) is 4.93. The Balaban J connectivity index is 1.43. The van der Waals surface area contributed by atoms with Gasteiger partial charge in [0.25, 0.3) is 0 Å². The zero-order valence-corrected chi connectivity index (χ0v) is 12.8. The Morgan fingerprint density at radius 3 is 2.96 bits per heavy atom. The largest absolute Gasteiger partial charge is 0.340 e. The first kappa shape index (κ1) is 14.4. The van der Waals surface area contributed by atoms with Crippen molar-refractivity contribution >= 4 is 5.91 Å². The van der Waals surface area contributed by atoms with Crippen LogP contribution in [0, 0.1) is 11.7 Å². The van der Waals surface area contributed by atoms with Crippen LogP contribution in [0.15, 0.2) is 36.9 Å². The number of benzene rings is 1. The van der Waals surface area contributed by atoms with E-state index in [-0.39, 0.29) is 29.6 Å². The molecule has 2 aromatic rings. The minimum absolute atomic E-state index is 0.0375. The summed E-state index contributed by atoms with van der Waals surface area (Å²) in [6, 6.07) is 6.98. The Morgan fingerprint density at radius 1 is 1.30 bits per heavy atom. The number of hydrogen-bond acceptors (Lipinski definition) is 3. The van der Waals surface area contributed by atoms with Crippen molar-refractivity contribution in [2.75, 3.05) is 13.1 Å². The summed E-state index contributed by atoms with van der Waals surface area (Å²) in [7, 11) is 0. The van der Waals surface area contributed by atoms with Gasteiger partial charge in [-0.2, -0.15) is 5.10 Å². The fourth-order valence-corrected chi connectivity index (χ4v) is 3.60. The van der Waals surface area contributed by atoms with Crippen LogP contribution in [0.3, 0.4) is 0 Å². The number of aromatic nitrogens is 3. The number of carbonyl (C=O) groups excluding carboxylic acids is 1. The molecular formula is C17H19FN4O. The second-order valence-electron chi connectivity index (χ2n) is 6.43. The summed E-state index contributed by atoms with van der Waals surface area (Å²) in [5.74, 6) is -0.0770. The summed E-state index contributed by atoms with van der Waals surface area (Å²) in [5, 5.41) is 4.19. The fraction of sp³-hybridized carbons (Fsp3) is 0.471. The van der Waals surface area contributed by atoms with Crippen LogP contribution in [0.1, 0.15) is 36.8 Å². The number of halogens is 1. The summed E-state index contributed by atoms with van der Waals surface area (Å²) >= 11 is 0. The maximum absolute atomic E-state index is 13.9. The van der Waals surface area contributed by atoms with Crippen molar-refractivity contribution in [1.82, 2.24) is 19.7 Å². The van der Waals surface area contributed by atoms with E-state index in [1.807, 2.05) is 15.6 Å². The topological polar surface area (TPSA) is 51.0 Å².